The molecule has 0 saturated carbocycles. The minimum atomic E-state index is -0.718. The van der Waals surface area contributed by atoms with Gasteiger partial charge in [0.05, 0.1) is 0 Å². The Labute approximate surface area is 112 Å². The monoisotopic (exact) mass is 269 g/mol. The summed E-state index contributed by atoms with van der Waals surface area (Å²) < 4.78 is 11.0. The van der Waals surface area contributed by atoms with Gasteiger partial charge in [-0.3, -0.25) is 4.21 Å². The van der Waals surface area contributed by atoms with E-state index in [9.17, 15) is 4.21 Å². The van der Waals surface area contributed by atoms with Crippen LogP contribution in [-0.4, -0.2) is 33.8 Å². The summed E-state index contributed by atoms with van der Waals surface area (Å²) in [6, 6.07) is 4.28. The molecule has 2 unspecified atom stereocenters. The lowest BCUT2D eigenvalue weighted by Crippen LogP contribution is -2.18. The normalized spacial score (nSPS) is 13.9. The maximum absolute atomic E-state index is 11.0. The molecule has 4 nitrogen and oxygen atoms in total. The quantitative estimate of drug-likeness (QED) is 0.761. The largest absolute Gasteiger partial charge is 0.382 e. The van der Waals surface area contributed by atoms with Gasteiger partial charge in [-0.2, -0.15) is 0 Å². The molecule has 0 radical (unpaired) electrons. The van der Waals surface area contributed by atoms with Gasteiger partial charge in [-0.05, 0) is 25.8 Å². The molecule has 1 aromatic heterocycles. The summed E-state index contributed by atoms with van der Waals surface area (Å²) in [5.74, 6) is 1.63. The third-order valence-electron chi connectivity index (χ3n) is 2.57. The molecule has 0 aromatic carbocycles. The van der Waals surface area contributed by atoms with Crippen LogP contribution in [0.15, 0.2) is 18.3 Å². The Kier molecular flexibility index (Phi) is 6.72. The van der Waals surface area contributed by atoms with Crippen LogP contribution >= 0.6 is 0 Å². The summed E-state index contributed by atoms with van der Waals surface area (Å²) in [5, 5.41) is 6.66. The van der Waals surface area contributed by atoms with Crippen molar-refractivity contribution in [2.75, 3.05) is 29.2 Å². The minimum Gasteiger partial charge on any atom is -0.382 e. The average Bonchev–Trinajstić information content (AvgIpc) is 2.34. The molecule has 0 aliphatic heterocycles. The molecule has 0 amide bonds. The van der Waals surface area contributed by atoms with E-state index in [1.54, 1.807) is 12.5 Å². The summed E-state index contributed by atoms with van der Waals surface area (Å²) in [6.07, 6.45) is 5.53. The van der Waals surface area contributed by atoms with Gasteiger partial charge in [-0.15, -0.1) is 0 Å². The highest BCUT2D eigenvalue weighted by Crippen LogP contribution is 2.14. The maximum atomic E-state index is 11.0. The Bertz CT molecular complexity index is 384. The van der Waals surface area contributed by atoms with Crippen molar-refractivity contribution in [3.8, 4) is 0 Å². The highest BCUT2D eigenvalue weighted by Gasteiger charge is 2.04. The van der Waals surface area contributed by atoms with Gasteiger partial charge >= 0.3 is 0 Å². The Morgan fingerprint density at radius 1 is 1.50 bits per heavy atom. The first-order valence-corrected chi connectivity index (χ1v) is 8.11. The number of nitrogens with zero attached hydrogens (tertiary/aromatic N) is 1. The van der Waals surface area contributed by atoms with Crippen molar-refractivity contribution in [3.05, 3.63) is 18.3 Å². The molecule has 2 N–H and O–H groups in total. The standard InChI is InChI=1S/C13H23N3OS/c1-4-7-14-13-10-12(5-8-15-13)16-11(2)6-9-18(3)17/h5,8,10-11H,4,6-7,9H2,1-3H3,(H2,14,15,16). The zero-order valence-electron chi connectivity index (χ0n) is 11.4. The molecule has 0 aliphatic carbocycles. The van der Waals surface area contributed by atoms with Crippen molar-refractivity contribution in [2.45, 2.75) is 32.7 Å². The molecule has 1 heterocycles. The minimum absolute atomic E-state index is 0.315. The van der Waals surface area contributed by atoms with Gasteiger partial charge in [0.2, 0.25) is 0 Å². The van der Waals surface area contributed by atoms with Gasteiger partial charge in [-0.25, -0.2) is 4.98 Å². The fourth-order valence-corrected chi connectivity index (χ4v) is 2.25. The number of aromatic nitrogens is 1. The fourth-order valence-electron chi connectivity index (χ4n) is 1.57. The van der Waals surface area contributed by atoms with Crippen molar-refractivity contribution in [1.29, 1.82) is 0 Å². The lowest BCUT2D eigenvalue weighted by molar-refractivity contribution is 0.678. The van der Waals surface area contributed by atoms with Crippen molar-refractivity contribution >= 4 is 22.3 Å². The first kappa shape index (κ1) is 15.0. The molecule has 0 spiro atoms. The second-order valence-electron chi connectivity index (χ2n) is 4.47. The van der Waals surface area contributed by atoms with Crippen LogP contribution in [0.25, 0.3) is 0 Å². The van der Waals surface area contributed by atoms with Gasteiger partial charge < -0.3 is 10.6 Å². The Balaban J connectivity index is 2.47. The molecule has 1 aromatic rings. The van der Waals surface area contributed by atoms with E-state index in [-0.39, 0.29) is 0 Å². The number of hydrogen-bond donors (Lipinski definition) is 2. The second-order valence-corrected chi connectivity index (χ2v) is 6.02. The molecule has 18 heavy (non-hydrogen) atoms. The van der Waals surface area contributed by atoms with Gasteiger partial charge in [-0.1, -0.05) is 6.92 Å². The van der Waals surface area contributed by atoms with Gasteiger partial charge in [0.1, 0.15) is 5.82 Å². The first-order valence-electron chi connectivity index (χ1n) is 6.38. The molecule has 2 atom stereocenters. The van der Waals surface area contributed by atoms with Gasteiger partial charge in [0.25, 0.3) is 0 Å². The topological polar surface area (TPSA) is 54.0 Å². The Hall–Kier alpha value is -1.10. The van der Waals surface area contributed by atoms with Crippen LogP contribution in [0.5, 0.6) is 0 Å². The molecular formula is C13H23N3OS. The lowest BCUT2D eigenvalue weighted by Gasteiger charge is -2.15. The molecule has 5 heteroatoms. The van der Waals surface area contributed by atoms with E-state index in [0.29, 0.717) is 6.04 Å². The van der Waals surface area contributed by atoms with E-state index in [1.807, 2.05) is 12.1 Å². The summed E-state index contributed by atoms with van der Waals surface area (Å²) in [4.78, 5) is 4.26. The third kappa shape index (κ3) is 6.00. The molecule has 0 saturated heterocycles. The van der Waals surface area contributed by atoms with Crippen molar-refractivity contribution in [3.63, 3.8) is 0 Å². The van der Waals surface area contributed by atoms with Gasteiger partial charge in [0, 0.05) is 53.3 Å². The van der Waals surface area contributed by atoms with Crippen LogP contribution in [0, 0.1) is 0 Å². The number of pyridine rings is 1. The Morgan fingerprint density at radius 3 is 2.94 bits per heavy atom. The molecule has 1 rings (SSSR count). The van der Waals surface area contributed by atoms with E-state index >= 15 is 0 Å². The summed E-state index contributed by atoms with van der Waals surface area (Å²) >= 11 is 0. The van der Waals surface area contributed by atoms with Crippen LogP contribution in [-0.2, 0) is 10.8 Å². The molecule has 0 bridgehead atoms. The highest BCUT2D eigenvalue weighted by molar-refractivity contribution is 7.84. The lowest BCUT2D eigenvalue weighted by atomic mass is 10.2. The molecular weight excluding hydrogens is 246 g/mol. The van der Waals surface area contributed by atoms with Crippen molar-refractivity contribution in [1.82, 2.24) is 4.98 Å². The second kappa shape index (κ2) is 8.08. The third-order valence-corrected chi connectivity index (χ3v) is 3.38. The zero-order chi connectivity index (χ0) is 13.4. The van der Waals surface area contributed by atoms with Crippen LogP contribution in [0.4, 0.5) is 11.5 Å². The SMILES string of the molecule is CCCNc1cc(NC(C)CCS(C)=O)ccn1. The number of hydrogen-bond acceptors (Lipinski definition) is 4. The van der Waals surface area contributed by atoms with E-state index in [2.05, 4.69) is 29.5 Å². The smallest absolute Gasteiger partial charge is 0.127 e. The molecule has 0 aliphatic rings. The Morgan fingerprint density at radius 2 is 2.28 bits per heavy atom. The number of nitrogens with one attached hydrogen (secondary N) is 2. The van der Waals surface area contributed by atoms with Crippen LogP contribution in [0.3, 0.4) is 0 Å². The summed E-state index contributed by atoms with van der Waals surface area (Å²) in [6.45, 7) is 5.16. The summed E-state index contributed by atoms with van der Waals surface area (Å²) in [7, 11) is -0.718. The van der Waals surface area contributed by atoms with E-state index in [0.717, 1.165) is 36.6 Å². The highest BCUT2D eigenvalue weighted by atomic mass is 32.2. The van der Waals surface area contributed by atoms with Crippen LogP contribution < -0.4 is 10.6 Å². The van der Waals surface area contributed by atoms with Crippen molar-refractivity contribution in [2.24, 2.45) is 0 Å². The first-order chi connectivity index (χ1) is 8.61. The van der Waals surface area contributed by atoms with Crippen LogP contribution in [0.2, 0.25) is 0 Å². The predicted octanol–water partition coefficient (Wildman–Crippen LogP) is 2.47. The van der Waals surface area contributed by atoms with E-state index in [4.69, 9.17) is 0 Å². The van der Waals surface area contributed by atoms with E-state index in [1.165, 1.54) is 0 Å². The number of rotatable bonds is 8. The predicted molar refractivity (Wildman–Crippen MR) is 79.7 cm³/mol. The fraction of sp³-hybridized carbons (Fsp3) is 0.615. The number of anilines is 2. The molecule has 0 fully saturated rings. The average molecular weight is 269 g/mol. The van der Waals surface area contributed by atoms with Crippen molar-refractivity contribution < 1.29 is 4.21 Å². The zero-order valence-corrected chi connectivity index (χ0v) is 12.2. The maximum Gasteiger partial charge on any atom is 0.127 e. The van der Waals surface area contributed by atoms with Gasteiger partial charge in [0.15, 0.2) is 0 Å². The van der Waals surface area contributed by atoms with E-state index < -0.39 is 10.8 Å². The summed E-state index contributed by atoms with van der Waals surface area (Å²) in [5.41, 5.74) is 1.05. The van der Waals surface area contributed by atoms with Crippen LogP contribution in [0.1, 0.15) is 26.7 Å². The molecule has 102 valence electrons.